The molecule has 2 fully saturated rings. The smallest absolute Gasteiger partial charge is 0.387 e. The van der Waals surface area contributed by atoms with Crippen LogP contribution in [-0.4, -0.2) is 65.3 Å². The Bertz CT molecular complexity index is 1160. The molecule has 2 aromatic heterocycles. The highest BCUT2D eigenvalue weighted by atomic mass is 31.3. The van der Waals surface area contributed by atoms with Crippen molar-refractivity contribution in [2.75, 3.05) is 18.9 Å². The van der Waals surface area contributed by atoms with Gasteiger partial charge in [0.15, 0.2) is 6.33 Å². The summed E-state index contributed by atoms with van der Waals surface area (Å²) >= 11 is 0. The van der Waals surface area contributed by atoms with Crippen molar-refractivity contribution in [3.05, 3.63) is 16.7 Å². The molecule has 7 N–H and O–H groups in total. The second-order valence-corrected chi connectivity index (χ2v) is 9.69. The number of hydrogen-bond donors (Lipinski definition) is 6. The highest BCUT2D eigenvalue weighted by molar-refractivity contribution is 7.60. The second kappa shape index (κ2) is 6.90. The zero-order chi connectivity index (χ0) is 22.1. The number of hydrogen-bond acceptors (Lipinski definition) is 10. The number of aliphatic hydroxyl groups is 1. The van der Waals surface area contributed by atoms with E-state index >= 15 is 0 Å². The minimum atomic E-state index is -5.31. The molecule has 0 spiro atoms. The maximum Gasteiger partial charge on any atom is 0.481 e. The van der Waals surface area contributed by atoms with Gasteiger partial charge in [-0.1, -0.05) is 4.98 Å². The molecule has 16 nitrogen and oxygen atoms in total. The Morgan fingerprint density at radius 2 is 2.17 bits per heavy atom. The van der Waals surface area contributed by atoms with Gasteiger partial charge in [-0.2, -0.15) is 4.31 Å². The van der Waals surface area contributed by atoms with Crippen LogP contribution in [0, 0.1) is 0 Å². The van der Waals surface area contributed by atoms with Crippen molar-refractivity contribution in [3.63, 3.8) is 0 Å². The monoisotopic (exact) mass is 470 g/mol. The Labute approximate surface area is 166 Å². The van der Waals surface area contributed by atoms with Crippen molar-refractivity contribution in [1.82, 2.24) is 14.5 Å². The van der Waals surface area contributed by atoms with Gasteiger partial charge in [-0.3, -0.25) is 18.9 Å². The lowest BCUT2D eigenvalue weighted by Gasteiger charge is -2.29. The van der Waals surface area contributed by atoms with Crippen LogP contribution in [0.15, 0.2) is 11.1 Å². The summed E-state index contributed by atoms with van der Waals surface area (Å²) in [6.45, 7) is -1.02. The van der Waals surface area contributed by atoms with Gasteiger partial charge in [0.1, 0.15) is 17.8 Å². The Hall–Kier alpha value is -1.71. The van der Waals surface area contributed by atoms with Crippen LogP contribution in [0.25, 0.3) is 11.2 Å². The molecule has 2 aromatic rings. The number of aliphatic hydroxyl groups excluding tert-OH is 1. The van der Waals surface area contributed by atoms with Crippen LogP contribution in [0.1, 0.15) is 6.23 Å². The number of imidazole rings is 1. The van der Waals surface area contributed by atoms with Gasteiger partial charge in [-0.25, -0.2) is 13.7 Å². The van der Waals surface area contributed by atoms with Crippen molar-refractivity contribution < 1.29 is 51.8 Å². The number of aromatic amines is 1. The number of nitrogens with one attached hydrogen (secondary N) is 1. The lowest BCUT2D eigenvalue weighted by atomic mass is 10.0. The summed E-state index contributed by atoms with van der Waals surface area (Å²) in [5.74, 6) is -0.147. The molecular weight excluding hydrogens is 452 g/mol. The van der Waals surface area contributed by atoms with E-state index in [1.54, 1.807) is 7.05 Å². The van der Waals surface area contributed by atoms with Crippen molar-refractivity contribution in [1.29, 1.82) is 0 Å². The van der Waals surface area contributed by atoms with Gasteiger partial charge < -0.3 is 35.0 Å². The Balaban J connectivity index is 1.63. The fourth-order valence-electron chi connectivity index (χ4n) is 3.54. The van der Waals surface area contributed by atoms with Crippen LogP contribution in [0.2, 0.25) is 0 Å². The SMILES string of the molecule is Cn1c[n+]([C@@H]2O[C@@]3(COP(=O)(O)OP(=O)(O)O)CO[C@H]2C3O)c2nc(N)[nH]c(=O)c21. The van der Waals surface area contributed by atoms with Crippen molar-refractivity contribution in [2.45, 2.75) is 24.0 Å². The summed E-state index contributed by atoms with van der Waals surface area (Å²) in [4.78, 5) is 45.5. The maximum absolute atomic E-state index is 12.2. The van der Waals surface area contributed by atoms with Crippen LogP contribution in [0.3, 0.4) is 0 Å². The Morgan fingerprint density at radius 3 is 2.83 bits per heavy atom. The number of nitrogens with two attached hydrogens (primary N) is 1. The fourth-order valence-corrected chi connectivity index (χ4v) is 5.19. The fraction of sp³-hybridized carbons (Fsp3) is 0.583. The number of H-pyrrole nitrogens is 1. The summed E-state index contributed by atoms with van der Waals surface area (Å²) in [6, 6.07) is 0. The van der Waals surface area contributed by atoms with E-state index in [1.807, 2.05) is 0 Å². The first-order valence-corrected chi connectivity index (χ1v) is 11.3. The summed E-state index contributed by atoms with van der Waals surface area (Å²) in [6.07, 6.45) is -1.86. The second-order valence-electron chi connectivity index (χ2n) is 6.86. The normalized spacial score (nSPS) is 30.8. The number of aromatic nitrogens is 4. The lowest BCUT2D eigenvalue weighted by molar-refractivity contribution is -0.752. The number of anilines is 1. The molecule has 0 amide bonds. The zero-order valence-corrected chi connectivity index (χ0v) is 17.0. The van der Waals surface area contributed by atoms with Gasteiger partial charge >= 0.3 is 21.3 Å². The van der Waals surface area contributed by atoms with E-state index < -0.39 is 51.8 Å². The topological polar surface area (TPSA) is 233 Å². The number of nitrogens with zero attached hydrogens (tertiary/aromatic N) is 3. The van der Waals surface area contributed by atoms with E-state index in [9.17, 15) is 23.9 Å². The van der Waals surface area contributed by atoms with Gasteiger partial charge in [0.2, 0.25) is 11.7 Å². The Morgan fingerprint density at radius 1 is 1.47 bits per heavy atom. The number of ether oxygens (including phenoxy) is 2. The molecule has 2 aliphatic rings. The minimum Gasteiger partial charge on any atom is -0.387 e. The molecular formula is C12H18N5O11P2+. The van der Waals surface area contributed by atoms with Crippen LogP contribution in [0.4, 0.5) is 5.95 Å². The third-order valence-corrected chi connectivity index (χ3v) is 6.88. The third-order valence-electron chi connectivity index (χ3n) is 4.75. The molecule has 0 radical (unpaired) electrons. The molecule has 166 valence electrons. The predicted molar refractivity (Wildman–Crippen MR) is 93.4 cm³/mol. The first-order valence-electron chi connectivity index (χ1n) is 8.30. The number of phosphoric acid groups is 2. The van der Waals surface area contributed by atoms with Gasteiger partial charge in [-0.05, 0) is 0 Å². The highest BCUT2D eigenvalue weighted by Crippen LogP contribution is 2.58. The van der Waals surface area contributed by atoms with Gasteiger partial charge in [-0.15, -0.1) is 0 Å². The predicted octanol–water partition coefficient (Wildman–Crippen LogP) is -2.62. The molecule has 5 atom stereocenters. The van der Waals surface area contributed by atoms with Gasteiger partial charge in [0.25, 0.3) is 11.5 Å². The average molecular weight is 470 g/mol. The van der Waals surface area contributed by atoms with Crippen molar-refractivity contribution in [2.24, 2.45) is 7.05 Å². The summed E-state index contributed by atoms with van der Waals surface area (Å²) in [5, 5.41) is 10.6. The number of rotatable bonds is 6. The minimum absolute atomic E-state index is 0.140. The van der Waals surface area contributed by atoms with E-state index in [1.165, 1.54) is 15.5 Å². The van der Waals surface area contributed by atoms with Crippen LogP contribution in [0.5, 0.6) is 0 Å². The third kappa shape index (κ3) is 3.61. The van der Waals surface area contributed by atoms with E-state index in [2.05, 4.69) is 18.8 Å². The number of nitrogen functional groups attached to an aromatic ring is 1. The van der Waals surface area contributed by atoms with Crippen molar-refractivity contribution in [3.8, 4) is 0 Å². The highest BCUT2D eigenvalue weighted by Gasteiger charge is 2.64. The molecule has 2 aliphatic heterocycles. The molecule has 30 heavy (non-hydrogen) atoms. The summed E-state index contributed by atoms with van der Waals surface area (Å²) in [7, 11) is -8.90. The molecule has 18 heteroatoms. The standard InChI is InChI=1S/C12H17N5O11P2/c1-16-4-17(8-5(16)9(19)15-11(13)14-8)10-6-7(18)12(27-10,2-25-6)3-26-30(23,24)28-29(20,21)22/h4,6-7,10,18H,2-3H2,1H3,(H5-,13,14,15,19,20,21,22,23,24)/p+1/t6-,7?,10+,12+/m0/s1. The average Bonchev–Trinajstić information content (AvgIpc) is 3.18. The molecule has 2 bridgehead atoms. The zero-order valence-electron chi connectivity index (χ0n) is 15.2. The van der Waals surface area contributed by atoms with Crippen LogP contribution >= 0.6 is 15.6 Å². The van der Waals surface area contributed by atoms with E-state index in [0.717, 1.165) is 0 Å². The molecule has 2 saturated heterocycles. The van der Waals surface area contributed by atoms with Gasteiger partial charge in [0, 0.05) is 0 Å². The van der Waals surface area contributed by atoms with E-state index in [-0.39, 0.29) is 23.7 Å². The summed E-state index contributed by atoms with van der Waals surface area (Å²) < 4.78 is 45.1. The molecule has 4 rings (SSSR count). The van der Waals surface area contributed by atoms with Crippen LogP contribution in [-0.2, 0) is 34.5 Å². The first kappa shape index (κ1) is 21.5. The van der Waals surface area contributed by atoms with Crippen LogP contribution < -0.4 is 15.9 Å². The number of fused-ring (bicyclic) bond motifs is 3. The van der Waals surface area contributed by atoms with Crippen molar-refractivity contribution >= 4 is 32.8 Å². The molecule has 0 aromatic carbocycles. The number of phosphoric ester groups is 1. The van der Waals surface area contributed by atoms with E-state index in [4.69, 9.17) is 25.0 Å². The quantitative estimate of drug-likeness (QED) is 0.188. The lowest BCUT2D eigenvalue weighted by Crippen LogP contribution is -2.50. The first-order chi connectivity index (χ1) is 13.8. The van der Waals surface area contributed by atoms with E-state index in [0.29, 0.717) is 0 Å². The maximum atomic E-state index is 12.2. The largest absolute Gasteiger partial charge is 0.481 e. The molecule has 0 aliphatic carbocycles. The molecule has 2 unspecified atom stereocenters. The Kier molecular flexibility index (Phi) is 4.95. The molecule has 0 saturated carbocycles. The molecule has 4 heterocycles. The number of aryl methyl sites for hydroxylation is 1. The van der Waals surface area contributed by atoms with Gasteiger partial charge in [0.05, 0.1) is 20.3 Å². The summed E-state index contributed by atoms with van der Waals surface area (Å²) in [5.41, 5.74) is 3.77.